The maximum absolute atomic E-state index is 13.1. The van der Waals surface area contributed by atoms with Crippen LogP contribution in [0.2, 0.25) is 0 Å². The summed E-state index contributed by atoms with van der Waals surface area (Å²) in [6, 6.07) is 11.4. The van der Waals surface area contributed by atoms with Crippen molar-refractivity contribution in [3.05, 3.63) is 54.5 Å². The van der Waals surface area contributed by atoms with Gasteiger partial charge in [0.1, 0.15) is 0 Å². The van der Waals surface area contributed by atoms with Gasteiger partial charge in [0.25, 0.3) is 5.91 Å². The Hall–Kier alpha value is -2.77. The molecule has 2 N–H and O–H groups in total. The Morgan fingerprint density at radius 1 is 1.08 bits per heavy atom. The number of carbonyl (C=O) groups is 1. The van der Waals surface area contributed by atoms with E-state index < -0.39 is 0 Å². The van der Waals surface area contributed by atoms with Crippen LogP contribution in [0.1, 0.15) is 10.5 Å². The van der Waals surface area contributed by atoms with Gasteiger partial charge in [-0.05, 0) is 18.2 Å². The van der Waals surface area contributed by atoms with Crippen LogP contribution in [0.5, 0.6) is 0 Å². The van der Waals surface area contributed by atoms with E-state index in [-0.39, 0.29) is 31.0 Å². The van der Waals surface area contributed by atoms with Gasteiger partial charge in [0, 0.05) is 49.7 Å². The first-order valence-electron chi connectivity index (χ1n) is 8.62. The van der Waals surface area contributed by atoms with Gasteiger partial charge < -0.3 is 15.1 Å². The number of nitrogens with zero attached hydrogens (tertiary/aromatic N) is 4. The van der Waals surface area contributed by atoms with Crippen molar-refractivity contribution in [1.29, 1.82) is 0 Å². The van der Waals surface area contributed by atoms with E-state index in [9.17, 15) is 15.0 Å². The first kappa shape index (κ1) is 16.7. The van der Waals surface area contributed by atoms with Crippen LogP contribution in [0, 0.1) is 11.8 Å². The zero-order valence-corrected chi connectivity index (χ0v) is 14.2. The topological polar surface area (TPSA) is 91.5 Å². The lowest BCUT2D eigenvalue weighted by Gasteiger charge is -2.17. The standard InChI is InChI=1S/C19H20N4O3/c24-11-14-9-22(10-15(14)12-25)19(26)18-17(6-3-7-20-18)23-16-5-2-1-4-13(16)8-21-23/h1-8,14-15,24-25H,9-12H2/t14-,15-/m0/s1. The third kappa shape index (κ3) is 2.75. The third-order valence-corrected chi connectivity index (χ3v) is 5.03. The fourth-order valence-corrected chi connectivity index (χ4v) is 3.56. The molecule has 2 aromatic heterocycles. The van der Waals surface area contributed by atoms with E-state index in [1.54, 1.807) is 28.0 Å². The molecule has 1 aromatic carbocycles. The quantitative estimate of drug-likeness (QED) is 0.733. The highest BCUT2D eigenvalue weighted by molar-refractivity contribution is 5.96. The second-order valence-corrected chi connectivity index (χ2v) is 6.58. The van der Waals surface area contributed by atoms with Crippen LogP contribution in [0.15, 0.2) is 48.8 Å². The van der Waals surface area contributed by atoms with Crippen LogP contribution in [-0.4, -0.2) is 62.1 Å². The Morgan fingerprint density at radius 2 is 1.81 bits per heavy atom. The SMILES string of the molecule is O=C(c1ncccc1-n1ncc2ccccc21)N1C[C@@H](CO)[C@H](CO)C1. The Labute approximate surface area is 150 Å². The van der Waals surface area contributed by atoms with Gasteiger partial charge in [0.2, 0.25) is 0 Å². The number of amides is 1. The summed E-state index contributed by atoms with van der Waals surface area (Å²) in [5.41, 5.74) is 1.83. The van der Waals surface area contributed by atoms with Gasteiger partial charge in [0.15, 0.2) is 5.69 Å². The van der Waals surface area contributed by atoms with Gasteiger partial charge in [-0.15, -0.1) is 0 Å². The van der Waals surface area contributed by atoms with E-state index >= 15 is 0 Å². The van der Waals surface area contributed by atoms with Crippen LogP contribution in [-0.2, 0) is 0 Å². The minimum Gasteiger partial charge on any atom is -0.396 e. The first-order chi connectivity index (χ1) is 12.7. The normalized spacial score (nSPS) is 20.0. The highest BCUT2D eigenvalue weighted by Crippen LogP contribution is 2.26. The summed E-state index contributed by atoms with van der Waals surface area (Å²) in [4.78, 5) is 19.0. The zero-order chi connectivity index (χ0) is 18.1. The average Bonchev–Trinajstić information content (AvgIpc) is 3.31. The molecule has 3 aromatic rings. The highest BCUT2D eigenvalue weighted by Gasteiger charge is 2.36. The van der Waals surface area contributed by atoms with Crippen LogP contribution >= 0.6 is 0 Å². The number of benzene rings is 1. The monoisotopic (exact) mass is 352 g/mol. The van der Waals surface area contributed by atoms with Gasteiger partial charge in [-0.2, -0.15) is 5.10 Å². The maximum Gasteiger partial charge on any atom is 0.274 e. The molecule has 7 heteroatoms. The molecule has 1 amide bonds. The van der Waals surface area contributed by atoms with Gasteiger partial charge in [-0.25, -0.2) is 9.67 Å². The van der Waals surface area contributed by atoms with E-state index in [0.29, 0.717) is 24.5 Å². The number of likely N-dealkylation sites (tertiary alicyclic amines) is 1. The Kier molecular flexibility index (Phi) is 4.40. The molecule has 2 atom stereocenters. The van der Waals surface area contributed by atoms with Crippen molar-refractivity contribution >= 4 is 16.8 Å². The number of fused-ring (bicyclic) bond motifs is 1. The maximum atomic E-state index is 13.1. The molecule has 7 nitrogen and oxygen atoms in total. The van der Waals surface area contributed by atoms with Crippen molar-refractivity contribution in [1.82, 2.24) is 19.7 Å². The molecule has 4 rings (SSSR count). The number of carbonyl (C=O) groups excluding carboxylic acids is 1. The van der Waals surface area contributed by atoms with Gasteiger partial charge in [-0.3, -0.25) is 4.79 Å². The summed E-state index contributed by atoms with van der Waals surface area (Å²) in [7, 11) is 0. The molecule has 26 heavy (non-hydrogen) atoms. The molecule has 1 saturated heterocycles. The van der Waals surface area contributed by atoms with Crippen LogP contribution in [0.25, 0.3) is 16.6 Å². The number of aliphatic hydroxyl groups is 2. The predicted octanol–water partition coefficient (Wildman–Crippen LogP) is 1.09. The molecule has 0 spiro atoms. The van der Waals surface area contributed by atoms with E-state index in [2.05, 4.69) is 10.1 Å². The number of rotatable bonds is 4. The van der Waals surface area contributed by atoms with Crippen molar-refractivity contribution in [3.63, 3.8) is 0 Å². The van der Waals surface area contributed by atoms with Crippen molar-refractivity contribution in [2.45, 2.75) is 0 Å². The Balaban J connectivity index is 1.72. The molecule has 134 valence electrons. The van der Waals surface area contributed by atoms with Crippen molar-refractivity contribution in [2.75, 3.05) is 26.3 Å². The van der Waals surface area contributed by atoms with Crippen LogP contribution in [0.3, 0.4) is 0 Å². The minimum absolute atomic E-state index is 0.0477. The molecule has 0 radical (unpaired) electrons. The lowest BCUT2D eigenvalue weighted by atomic mass is 9.98. The lowest BCUT2D eigenvalue weighted by Crippen LogP contribution is -2.31. The zero-order valence-electron chi connectivity index (χ0n) is 14.2. The van der Waals surface area contributed by atoms with Gasteiger partial charge in [-0.1, -0.05) is 18.2 Å². The third-order valence-electron chi connectivity index (χ3n) is 5.03. The summed E-state index contributed by atoms with van der Waals surface area (Å²) >= 11 is 0. The number of para-hydroxylation sites is 1. The second kappa shape index (κ2) is 6.86. The molecule has 1 aliphatic heterocycles. The summed E-state index contributed by atoms with van der Waals surface area (Å²) in [5, 5.41) is 24.4. The number of hydrogen-bond acceptors (Lipinski definition) is 5. The highest BCUT2D eigenvalue weighted by atomic mass is 16.3. The molecule has 0 saturated carbocycles. The molecule has 0 aliphatic carbocycles. The number of pyridine rings is 1. The largest absolute Gasteiger partial charge is 0.396 e. The Morgan fingerprint density at radius 3 is 2.54 bits per heavy atom. The number of aliphatic hydroxyl groups excluding tert-OH is 2. The molecule has 0 unspecified atom stereocenters. The fraction of sp³-hybridized carbons (Fsp3) is 0.316. The smallest absolute Gasteiger partial charge is 0.274 e. The predicted molar refractivity (Wildman–Crippen MR) is 95.9 cm³/mol. The molecule has 1 fully saturated rings. The summed E-state index contributed by atoms with van der Waals surface area (Å²) in [6.45, 7) is 0.731. The second-order valence-electron chi connectivity index (χ2n) is 6.58. The summed E-state index contributed by atoms with van der Waals surface area (Å²) in [6.07, 6.45) is 3.35. The fourth-order valence-electron chi connectivity index (χ4n) is 3.56. The number of aromatic nitrogens is 3. The van der Waals surface area contributed by atoms with E-state index in [0.717, 1.165) is 10.9 Å². The Bertz CT molecular complexity index is 927. The van der Waals surface area contributed by atoms with Crippen LogP contribution < -0.4 is 0 Å². The van der Waals surface area contributed by atoms with Gasteiger partial charge >= 0.3 is 0 Å². The van der Waals surface area contributed by atoms with Crippen molar-refractivity contribution in [2.24, 2.45) is 11.8 Å². The summed E-state index contributed by atoms with van der Waals surface area (Å²) < 4.78 is 1.72. The molecule has 3 heterocycles. The lowest BCUT2D eigenvalue weighted by molar-refractivity contribution is 0.0772. The minimum atomic E-state index is -0.213. The van der Waals surface area contributed by atoms with E-state index in [1.807, 2.05) is 30.3 Å². The first-order valence-corrected chi connectivity index (χ1v) is 8.62. The molecule has 1 aliphatic rings. The van der Waals surface area contributed by atoms with Gasteiger partial charge in [0.05, 0.1) is 17.4 Å². The van der Waals surface area contributed by atoms with Crippen molar-refractivity contribution in [3.8, 4) is 5.69 Å². The molecular weight excluding hydrogens is 332 g/mol. The summed E-state index contributed by atoms with van der Waals surface area (Å²) in [5.74, 6) is -0.433. The number of hydrogen-bond donors (Lipinski definition) is 2. The van der Waals surface area contributed by atoms with Crippen LogP contribution in [0.4, 0.5) is 0 Å². The molecular formula is C19H20N4O3. The molecule has 0 bridgehead atoms. The average molecular weight is 352 g/mol. The van der Waals surface area contributed by atoms with E-state index in [1.165, 1.54) is 0 Å². The van der Waals surface area contributed by atoms with E-state index in [4.69, 9.17) is 0 Å². The van der Waals surface area contributed by atoms with Crippen molar-refractivity contribution < 1.29 is 15.0 Å².